The first-order valence-electron chi connectivity index (χ1n) is 12.4. The lowest BCUT2D eigenvalue weighted by Crippen LogP contribution is -2.57. The van der Waals surface area contributed by atoms with E-state index in [2.05, 4.69) is 4.90 Å². The highest BCUT2D eigenvalue weighted by molar-refractivity contribution is 7.91. The quantitative estimate of drug-likeness (QED) is 0.263. The van der Waals surface area contributed by atoms with Gasteiger partial charge in [-0.25, -0.2) is 22.8 Å². The van der Waals surface area contributed by atoms with Crippen LogP contribution in [0.3, 0.4) is 0 Å². The molecule has 36 heavy (non-hydrogen) atoms. The van der Waals surface area contributed by atoms with Gasteiger partial charge in [-0.05, 0) is 51.3 Å². The highest BCUT2D eigenvalue weighted by Crippen LogP contribution is 2.19. The molecule has 0 N–H and O–H groups in total. The van der Waals surface area contributed by atoms with Crippen molar-refractivity contribution in [3.8, 4) is 0 Å². The van der Waals surface area contributed by atoms with Gasteiger partial charge in [0, 0.05) is 13.1 Å². The molecule has 1 heterocycles. The lowest BCUT2D eigenvalue weighted by atomic mass is 10.3. The van der Waals surface area contributed by atoms with Crippen LogP contribution in [0.1, 0.15) is 34.1 Å². The molecule has 2 amide bonds. The van der Waals surface area contributed by atoms with E-state index in [4.69, 9.17) is 9.57 Å². The fourth-order valence-electron chi connectivity index (χ4n) is 3.87. The van der Waals surface area contributed by atoms with Gasteiger partial charge in [-0.2, -0.15) is 5.06 Å². The molecule has 2 rings (SSSR count). The van der Waals surface area contributed by atoms with Gasteiger partial charge in [0.1, 0.15) is 5.75 Å². The van der Waals surface area contributed by atoms with Gasteiger partial charge >= 0.3 is 18.0 Å². The number of carbonyl (C=O) groups is 3. The zero-order valence-corrected chi connectivity index (χ0v) is 22.4. The Morgan fingerprint density at radius 2 is 1.42 bits per heavy atom. The van der Waals surface area contributed by atoms with Crippen LogP contribution in [0.2, 0.25) is 0 Å². The Balaban J connectivity index is 2.36. The average molecular weight is 527 g/mol. The minimum Gasteiger partial charge on any atom is -0.432 e. The van der Waals surface area contributed by atoms with Crippen molar-refractivity contribution in [2.24, 2.45) is 0 Å². The molecule has 12 heteroatoms. The fourth-order valence-corrected chi connectivity index (χ4v) is 5.26. The standard InChI is InChI=1S/C24H38N4O7S/c1-5-25(6-2)15-12-16-27-21(19-36(32,33)20-13-10-9-11-14-20)34-22(29)23(30)35-28(24(27)31)18-17-26(7-3)8-4/h9-11,13-14,21H,5-8,12,15-19H2,1-4H3. The lowest BCUT2D eigenvalue weighted by molar-refractivity contribution is -0.204. The van der Waals surface area contributed by atoms with Gasteiger partial charge in [0.05, 0.1) is 11.4 Å². The Bertz CT molecular complexity index is 966. The molecule has 0 radical (unpaired) electrons. The number of cyclic esters (lactones) is 1. The molecule has 1 unspecified atom stereocenters. The molecule has 0 saturated carbocycles. The number of urea groups is 1. The molecule has 0 bridgehead atoms. The summed E-state index contributed by atoms with van der Waals surface area (Å²) in [4.78, 5) is 48.7. The van der Waals surface area contributed by atoms with Crippen LogP contribution in [0.5, 0.6) is 0 Å². The maximum Gasteiger partial charge on any atom is 0.441 e. The Hall–Kier alpha value is -2.70. The van der Waals surface area contributed by atoms with Gasteiger partial charge in [-0.15, -0.1) is 0 Å². The molecule has 0 aromatic heterocycles. The van der Waals surface area contributed by atoms with Crippen LogP contribution in [0.4, 0.5) is 4.79 Å². The van der Waals surface area contributed by atoms with Crippen molar-refractivity contribution in [2.45, 2.75) is 45.2 Å². The number of hydroxylamine groups is 2. The summed E-state index contributed by atoms with van der Waals surface area (Å²) in [5.74, 6) is -3.40. The second-order valence-electron chi connectivity index (χ2n) is 8.32. The number of carbonyl (C=O) groups excluding carboxylic acids is 3. The van der Waals surface area contributed by atoms with Crippen molar-refractivity contribution in [1.82, 2.24) is 19.8 Å². The third-order valence-electron chi connectivity index (χ3n) is 6.16. The maximum absolute atomic E-state index is 13.5. The number of hydrogen-bond donors (Lipinski definition) is 0. The van der Waals surface area contributed by atoms with E-state index in [1.807, 2.05) is 32.6 Å². The summed E-state index contributed by atoms with van der Waals surface area (Å²) in [7, 11) is -3.95. The molecule has 1 aromatic rings. The molecule has 1 aliphatic rings. The van der Waals surface area contributed by atoms with Crippen molar-refractivity contribution in [3.63, 3.8) is 0 Å². The van der Waals surface area contributed by atoms with Crippen molar-refractivity contribution >= 4 is 27.8 Å². The van der Waals surface area contributed by atoms with Crippen LogP contribution in [-0.4, -0.2) is 110 Å². The number of rotatable bonds is 14. The Labute approximate surface area is 213 Å². The zero-order chi connectivity index (χ0) is 26.7. The monoisotopic (exact) mass is 526 g/mol. The first-order chi connectivity index (χ1) is 17.2. The number of ether oxygens (including phenoxy) is 1. The van der Waals surface area contributed by atoms with Crippen LogP contribution in [0.25, 0.3) is 0 Å². The smallest absolute Gasteiger partial charge is 0.432 e. The fraction of sp³-hybridized carbons (Fsp3) is 0.625. The summed E-state index contributed by atoms with van der Waals surface area (Å²) in [5, 5.41) is 0.834. The maximum atomic E-state index is 13.5. The Kier molecular flexibility index (Phi) is 11.6. The Morgan fingerprint density at radius 3 is 2.00 bits per heavy atom. The number of likely N-dealkylation sites (N-methyl/N-ethyl adjacent to an activating group) is 1. The number of esters is 1. The molecule has 1 atom stereocenters. The van der Waals surface area contributed by atoms with Gasteiger partial charge in [0.25, 0.3) is 0 Å². The van der Waals surface area contributed by atoms with Crippen molar-refractivity contribution < 1.29 is 32.4 Å². The van der Waals surface area contributed by atoms with Crippen molar-refractivity contribution in [1.29, 1.82) is 0 Å². The number of amides is 2. The molecule has 202 valence electrons. The van der Waals surface area contributed by atoms with E-state index in [1.165, 1.54) is 17.0 Å². The summed E-state index contributed by atoms with van der Waals surface area (Å²) in [6.07, 6.45) is -0.985. The first-order valence-corrected chi connectivity index (χ1v) is 14.0. The minimum absolute atomic E-state index is 0.0181. The number of hydrogen-bond acceptors (Lipinski definition) is 9. The second kappa shape index (κ2) is 14.1. The van der Waals surface area contributed by atoms with Gasteiger partial charge in [0.2, 0.25) is 0 Å². The molecule has 1 fully saturated rings. The number of nitrogens with zero attached hydrogens (tertiary/aromatic N) is 4. The summed E-state index contributed by atoms with van der Waals surface area (Å²) in [6.45, 7) is 12.2. The molecular formula is C24H38N4O7S. The second-order valence-corrected chi connectivity index (χ2v) is 10.4. The topological polar surface area (TPSA) is 117 Å². The average Bonchev–Trinajstić information content (AvgIpc) is 2.87. The van der Waals surface area contributed by atoms with Crippen molar-refractivity contribution in [3.05, 3.63) is 30.3 Å². The van der Waals surface area contributed by atoms with E-state index in [0.29, 0.717) is 19.5 Å². The lowest BCUT2D eigenvalue weighted by Gasteiger charge is -2.37. The molecular weight excluding hydrogens is 488 g/mol. The first kappa shape index (κ1) is 29.5. The third-order valence-corrected chi connectivity index (χ3v) is 7.87. The summed E-state index contributed by atoms with van der Waals surface area (Å²) in [6, 6.07) is 6.97. The van der Waals surface area contributed by atoms with Gasteiger partial charge < -0.3 is 19.4 Å². The Morgan fingerprint density at radius 1 is 0.833 bits per heavy atom. The highest BCUT2D eigenvalue weighted by Gasteiger charge is 2.40. The molecule has 0 aliphatic carbocycles. The molecule has 11 nitrogen and oxygen atoms in total. The summed E-state index contributed by atoms with van der Waals surface area (Å²) >= 11 is 0. The third kappa shape index (κ3) is 8.17. The van der Waals surface area contributed by atoms with Crippen LogP contribution in [0, 0.1) is 0 Å². The highest BCUT2D eigenvalue weighted by atomic mass is 32.2. The summed E-state index contributed by atoms with van der Waals surface area (Å²) < 4.78 is 31.5. The van der Waals surface area contributed by atoms with Crippen molar-refractivity contribution in [2.75, 3.05) is 58.1 Å². The predicted molar refractivity (Wildman–Crippen MR) is 133 cm³/mol. The largest absolute Gasteiger partial charge is 0.441 e. The number of sulfone groups is 1. The van der Waals surface area contributed by atoms with E-state index in [1.54, 1.807) is 18.2 Å². The van der Waals surface area contributed by atoms with E-state index in [-0.39, 0.29) is 18.0 Å². The molecule has 1 aliphatic heterocycles. The van der Waals surface area contributed by atoms with E-state index < -0.39 is 39.8 Å². The van der Waals surface area contributed by atoms with E-state index in [0.717, 1.165) is 31.2 Å². The van der Waals surface area contributed by atoms with Crippen LogP contribution >= 0.6 is 0 Å². The molecule has 1 saturated heterocycles. The van der Waals surface area contributed by atoms with Crippen LogP contribution in [-0.2, 0) is 29.0 Å². The summed E-state index contributed by atoms with van der Waals surface area (Å²) in [5.41, 5.74) is 0. The van der Waals surface area contributed by atoms with Gasteiger partial charge in [0.15, 0.2) is 16.1 Å². The minimum atomic E-state index is -3.95. The number of benzene rings is 1. The van der Waals surface area contributed by atoms with E-state index >= 15 is 0 Å². The normalized spacial score (nSPS) is 17.3. The SMILES string of the molecule is CCN(CC)CCCN1C(=O)N(CCN(CC)CC)OC(=O)C(=O)OC1CS(=O)(=O)c1ccccc1. The van der Waals surface area contributed by atoms with E-state index in [9.17, 15) is 22.8 Å². The van der Waals surface area contributed by atoms with Crippen LogP contribution in [0.15, 0.2) is 35.2 Å². The predicted octanol–water partition coefficient (Wildman–Crippen LogP) is 1.60. The molecule has 0 spiro atoms. The molecule has 1 aromatic carbocycles. The van der Waals surface area contributed by atoms with Gasteiger partial charge in [-0.1, -0.05) is 45.9 Å². The zero-order valence-electron chi connectivity index (χ0n) is 21.6. The van der Waals surface area contributed by atoms with Gasteiger partial charge in [-0.3, -0.25) is 4.90 Å². The van der Waals surface area contributed by atoms with Crippen LogP contribution < -0.4 is 0 Å².